The molecule has 4 N–H and O–H groups in total. The van der Waals surface area contributed by atoms with E-state index in [9.17, 15) is 4.79 Å². The highest BCUT2D eigenvalue weighted by Crippen LogP contribution is 2.38. The predicted octanol–water partition coefficient (Wildman–Crippen LogP) is 4.86. The molecule has 0 bridgehead atoms. The van der Waals surface area contributed by atoms with Crippen molar-refractivity contribution in [3.63, 3.8) is 0 Å². The van der Waals surface area contributed by atoms with Gasteiger partial charge in [0.05, 0.1) is 22.0 Å². The Balaban J connectivity index is 1.45. The summed E-state index contributed by atoms with van der Waals surface area (Å²) >= 11 is 1.60. The minimum Gasteiger partial charge on any atom is -0.397 e. The lowest BCUT2D eigenvalue weighted by Crippen LogP contribution is -2.30. The Kier molecular flexibility index (Phi) is 4.79. The number of benzene rings is 2. The van der Waals surface area contributed by atoms with Gasteiger partial charge < -0.3 is 16.4 Å². The summed E-state index contributed by atoms with van der Waals surface area (Å²) in [6.45, 7) is 2.10. The highest BCUT2D eigenvalue weighted by atomic mass is 32.2. The number of hydrogen-bond acceptors (Lipinski definition) is 5. The van der Waals surface area contributed by atoms with Crippen molar-refractivity contribution in [1.29, 1.82) is 0 Å². The zero-order valence-corrected chi connectivity index (χ0v) is 16.2. The topological polar surface area (TPSA) is 80.0 Å². The molecule has 2 aromatic carbocycles. The van der Waals surface area contributed by atoms with Crippen LogP contribution in [0, 0.1) is 0 Å². The molecule has 1 aromatic heterocycles. The number of nitrogens with one attached hydrogen (secondary N) is 2. The first-order valence-electron chi connectivity index (χ1n) is 8.90. The number of carbonyl (C=O) groups is 1. The summed E-state index contributed by atoms with van der Waals surface area (Å²) < 4.78 is 0. The van der Waals surface area contributed by atoms with Gasteiger partial charge in [0.1, 0.15) is 4.87 Å². The third-order valence-corrected chi connectivity index (χ3v) is 5.56. The maximum absolute atomic E-state index is 12.4. The number of nitrogens with zero attached hydrogens (tertiary/aromatic N) is 1. The first-order valence-corrected chi connectivity index (χ1v) is 9.71. The van der Waals surface area contributed by atoms with Gasteiger partial charge in [0, 0.05) is 11.9 Å². The number of nitrogen functional groups attached to an aromatic ring is 1. The molecule has 1 amide bonds. The Hall–Kier alpha value is -3.25. The zero-order valence-electron chi connectivity index (χ0n) is 15.3. The van der Waals surface area contributed by atoms with E-state index in [2.05, 4.69) is 46.8 Å². The van der Waals surface area contributed by atoms with E-state index in [-0.39, 0.29) is 10.8 Å². The minimum atomic E-state index is -0.316. The Morgan fingerprint density at radius 2 is 1.89 bits per heavy atom. The van der Waals surface area contributed by atoms with Crippen LogP contribution in [-0.2, 0) is 0 Å². The minimum absolute atomic E-state index is 0.238. The number of anilines is 3. The second-order valence-electron chi connectivity index (χ2n) is 6.68. The van der Waals surface area contributed by atoms with Crippen LogP contribution in [0.2, 0.25) is 0 Å². The molecule has 1 unspecified atom stereocenters. The van der Waals surface area contributed by atoms with Crippen molar-refractivity contribution in [2.45, 2.75) is 16.8 Å². The Morgan fingerprint density at radius 3 is 2.68 bits per heavy atom. The van der Waals surface area contributed by atoms with E-state index in [0.717, 1.165) is 10.7 Å². The highest BCUT2D eigenvalue weighted by Gasteiger charge is 2.26. The highest BCUT2D eigenvalue weighted by molar-refractivity contribution is 8.00. The smallest absolute Gasteiger partial charge is 0.257 e. The van der Waals surface area contributed by atoms with Crippen LogP contribution in [0.4, 0.5) is 17.1 Å². The van der Waals surface area contributed by atoms with Crippen LogP contribution < -0.4 is 16.4 Å². The van der Waals surface area contributed by atoms with Gasteiger partial charge in [-0.2, -0.15) is 0 Å². The summed E-state index contributed by atoms with van der Waals surface area (Å²) in [6, 6.07) is 19.0. The molecule has 28 heavy (non-hydrogen) atoms. The largest absolute Gasteiger partial charge is 0.397 e. The fourth-order valence-corrected chi connectivity index (χ4v) is 3.94. The van der Waals surface area contributed by atoms with Gasteiger partial charge in [0.15, 0.2) is 0 Å². The van der Waals surface area contributed by atoms with E-state index in [1.807, 2.05) is 30.3 Å². The van der Waals surface area contributed by atoms with Crippen LogP contribution in [-0.4, -0.2) is 15.8 Å². The molecular formula is C22H20N4OS. The molecule has 140 valence electrons. The van der Waals surface area contributed by atoms with E-state index in [4.69, 9.17) is 5.73 Å². The number of pyridine rings is 1. The number of fused-ring (bicyclic) bond motifs is 1. The second kappa shape index (κ2) is 7.40. The van der Waals surface area contributed by atoms with Crippen LogP contribution in [0.5, 0.6) is 0 Å². The predicted molar refractivity (Wildman–Crippen MR) is 116 cm³/mol. The normalized spacial score (nSPS) is 17.5. The first-order chi connectivity index (χ1) is 13.5. The lowest BCUT2D eigenvalue weighted by Gasteiger charge is -2.31. The molecule has 2 heterocycles. The molecule has 0 radical (unpaired) electrons. The molecule has 0 spiro atoms. The Morgan fingerprint density at radius 1 is 1.11 bits per heavy atom. The van der Waals surface area contributed by atoms with Crippen LogP contribution in [0.15, 0.2) is 78.0 Å². The Bertz CT molecular complexity index is 1050. The van der Waals surface area contributed by atoms with Crippen LogP contribution in [0.1, 0.15) is 22.8 Å². The molecule has 0 saturated heterocycles. The van der Waals surface area contributed by atoms with Crippen molar-refractivity contribution in [1.82, 2.24) is 4.98 Å². The summed E-state index contributed by atoms with van der Waals surface area (Å²) in [5.74, 6) is -0.238. The van der Waals surface area contributed by atoms with Gasteiger partial charge in [-0.15, -0.1) is 0 Å². The summed E-state index contributed by atoms with van der Waals surface area (Å²) in [7, 11) is 0. The molecule has 0 aliphatic carbocycles. The van der Waals surface area contributed by atoms with E-state index >= 15 is 0 Å². The summed E-state index contributed by atoms with van der Waals surface area (Å²) in [5.41, 5.74) is 9.74. The zero-order chi connectivity index (χ0) is 19.6. The molecule has 0 fully saturated rings. The second-order valence-corrected chi connectivity index (χ2v) is 8.15. The molecule has 1 atom stereocenters. The molecule has 4 rings (SSSR count). The molecule has 1 aliphatic rings. The first kappa shape index (κ1) is 18.1. The maximum Gasteiger partial charge on any atom is 0.257 e. The van der Waals surface area contributed by atoms with Crippen molar-refractivity contribution in [2.24, 2.45) is 0 Å². The van der Waals surface area contributed by atoms with Gasteiger partial charge in [0.25, 0.3) is 5.91 Å². The standard InChI is InChI=1S/C22H20N4OS/c1-22(13-12-15-6-2-4-8-18(15)26-22)28-20-11-10-16(14-24-20)21(27)25-19-9-5-3-7-17(19)23/h2-14,26H,23H2,1H3,(H,25,27). The van der Waals surface area contributed by atoms with Crippen molar-refractivity contribution < 1.29 is 4.79 Å². The van der Waals surface area contributed by atoms with E-state index in [1.54, 1.807) is 36.2 Å². The molecule has 0 saturated carbocycles. The van der Waals surface area contributed by atoms with Gasteiger partial charge in [0.2, 0.25) is 0 Å². The summed E-state index contributed by atoms with van der Waals surface area (Å²) in [4.78, 5) is 16.6. The van der Waals surface area contributed by atoms with Crippen LogP contribution >= 0.6 is 11.8 Å². The third kappa shape index (κ3) is 3.87. The number of hydrogen-bond donors (Lipinski definition) is 3. The number of nitrogens with two attached hydrogens (primary N) is 1. The van der Waals surface area contributed by atoms with Crippen molar-refractivity contribution in [3.05, 3.63) is 84.1 Å². The Labute approximate surface area is 168 Å². The molecule has 3 aromatic rings. The number of amides is 1. The lowest BCUT2D eigenvalue weighted by molar-refractivity contribution is 0.102. The van der Waals surface area contributed by atoms with Gasteiger partial charge in [-0.25, -0.2) is 4.98 Å². The number of rotatable bonds is 4. The van der Waals surface area contributed by atoms with Gasteiger partial charge in [-0.05, 0) is 48.9 Å². The van der Waals surface area contributed by atoms with Crippen molar-refractivity contribution >= 4 is 40.8 Å². The van der Waals surface area contributed by atoms with Crippen molar-refractivity contribution in [2.75, 3.05) is 16.4 Å². The van der Waals surface area contributed by atoms with E-state index in [1.165, 1.54) is 5.56 Å². The molecule has 6 heteroatoms. The van der Waals surface area contributed by atoms with E-state index in [0.29, 0.717) is 16.9 Å². The average molecular weight is 388 g/mol. The quantitative estimate of drug-likeness (QED) is 0.556. The lowest BCUT2D eigenvalue weighted by atomic mass is 10.1. The number of thioether (sulfide) groups is 1. The fourth-order valence-electron chi connectivity index (χ4n) is 2.97. The van der Waals surface area contributed by atoms with E-state index < -0.39 is 0 Å². The van der Waals surface area contributed by atoms with Gasteiger partial charge >= 0.3 is 0 Å². The number of para-hydroxylation sites is 3. The monoisotopic (exact) mass is 388 g/mol. The average Bonchev–Trinajstić information content (AvgIpc) is 2.70. The van der Waals surface area contributed by atoms with Crippen LogP contribution in [0.3, 0.4) is 0 Å². The SMILES string of the molecule is CC1(Sc2ccc(C(=O)Nc3ccccc3N)cn2)C=Cc2ccccc2N1. The van der Waals surface area contributed by atoms with Crippen molar-refractivity contribution in [3.8, 4) is 0 Å². The van der Waals surface area contributed by atoms with Gasteiger partial charge in [-0.3, -0.25) is 4.79 Å². The molecule has 1 aliphatic heterocycles. The van der Waals surface area contributed by atoms with Crippen LogP contribution in [0.25, 0.3) is 6.08 Å². The van der Waals surface area contributed by atoms with Gasteiger partial charge in [-0.1, -0.05) is 48.2 Å². The summed E-state index contributed by atoms with van der Waals surface area (Å²) in [5, 5.41) is 7.18. The number of carbonyl (C=O) groups excluding carboxylic acids is 1. The summed E-state index contributed by atoms with van der Waals surface area (Å²) in [6.07, 6.45) is 5.83. The molecule has 5 nitrogen and oxygen atoms in total. The third-order valence-electron chi connectivity index (χ3n) is 4.45. The molecular weight excluding hydrogens is 368 g/mol. The fraction of sp³-hybridized carbons (Fsp3) is 0.0909. The maximum atomic E-state index is 12.4. The number of aromatic nitrogens is 1.